The SMILES string of the molecule is Cc1cc(OC[P@]2(=O)OCC[C@H](c3cccc(Cl)c3)O2)cc(C)c1Cc1ccc(O)c(C(C)C)c1. The van der Waals surface area contributed by atoms with Crippen molar-refractivity contribution in [3.8, 4) is 11.5 Å². The van der Waals surface area contributed by atoms with Gasteiger partial charge in [-0.2, -0.15) is 0 Å². The van der Waals surface area contributed by atoms with Gasteiger partial charge >= 0.3 is 7.60 Å². The quantitative estimate of drug-likeness (QED) is 0.323. The number of hydrogen-bond donors (Lipinski definition) is 1. The molecule has 35 heavy (non-hydrogen) atoms. The Bertz CT molecular complexity index is 1230. The minimum atomic E-state index is -3.42. The van der Waals surface area contributed by atoms with E-state index in [0.29, 0.717) is 29.5 Å². The summed E-state index contributed by atoms with van der Waals surface area (Å²) in [6, 6.07) is 17.1. The zero-order valence-electron chi connectivity index (χ0n) is 20.6. The number of phenolic OH excluding ortho intramolecular Hbond substituents is 1. The third-order valence-corrected chi connectivity index (χ3v) is 8.16. The van der Waals surface area contributed by atoms with Gasteiger partial charge in [0.05, 0.1) is 12.7 Å². The largest absolute Gasteiger partial charge is 0.508 e. The maximum atomic E-state index is 13.2. The van der Waals surface area contributed by atoms with Gasteiger partial charge in [0, 0.05) is 11.4 Å². The van der Waals surface area contributed by atoms with Crippen LogP contribution in [0.1, 0.15) is 65.7 Å². The van der Waals surface area contributed by atoms with Crippen molar-refractivity contribution in [1.29, 1.82) is 0 Å². The Morgan fingerprint density at radius 3 is 2.54 bits per heavy atom. The molecule has 0 aromatic heterocycles. The molecule has 1 heterocycles. The second-order valence-corrected chi connectivity index (χ2v) is 11.8. The van der Waals surface area contributed by atoms with Gasteiger partial charge in [0.2, 0.25) is 0 Å². The van der Waals surface area contributed by atoms with Crippen molar-refractivity contribution in [1.82, 2.24) is 0 Å². The molecule has 0 amide bonds. The van der Waals surface area contributed by atoms with E-state index < -0.39 is 7.60 Å². The fourth-order valence-electron chi connectivity index (χ4n) is 4.43. The second kappa shape index (κ2) is 10.8. The average molecular weight is 515 g/mol. The third kappa shape index (κ3) is 6.29. The van der Waals surface area contributed by atoms with Gasteiger partial charge in [-0.3, -0.25) is 9.09 Å². The summed E-state index contributed by atoms with van der Waals surface area (Å²) in [5.74, 6) is 1.21. The smallest absolute Gasteiger partial charge is 0.368 e. The van der Waals surface area contributed by atoms with Crippen molar-refractivity contribution in [2.75, 3.05) is 13.0 Å². The number of rotatable bonds is 7. The molecule has 0 spiro atoms. The number of phenols is 1. The van der Waals surface area contributed by atoms with Crippen LogP contribution in [0, 0.1) is 13.8 Å². The molecule has 1 fully saturated rings. The lowest BCUT2D eigenvalue weighted by atomic mass is 9.93. The zero-order chi connectivity index (χ0) is 25.2. The van der Waals surface area contributed by atoms with Crippen LogP contribution in [-0.4, -0.2) is 18.1 Å². The Hall–Kier alpha value is -2.30. The fourth-order valence-corrected chi connectivity index (χ4v) is 6.13. The van der Waals surface area contributed by atoms with E-state index in [1.807, 2.05) is 50.2 Å². The fraction of sp³-hybridized carbons (Fsp3) is 0.357. The van der Waals surface area contributed by atoms with E-state index in [0.717, 1.165) is 34.2 Å². The Morgan fingerprint density at radius 2 is 1.86 bits per heavy atom. The summed E-state index contributed by atoms with van der Waals surface area (Å²) >= 11 is 6.11. The van der Waals surface area contributed by atoms with Crippen LogP contribution in [0.15, 0.2) is 54.6 Å². The van der Waals surface area contributed by atoms with Gasteiger partial charge in [0.15, 0.2) is 6.35 Å². The summed E-state index contributed by atoms with van der Waals surface area (Å²) in [4.78, 5) is 0. The lowest BCUT2D eigenvalue weighted by Gasteiger charge is -2.30. The van der Waals surface area contributed by atoms with Crippen LogP contribution in [0.5, 0.6) is 11.5 Å². The molecular formula is C28H32ClO5P. The lowest BCUT2D eigenvalue weighted by molar-refractivity contribution is 0.0725. The van der Waals surface area contributed by atoms with E-state index in [4.69, 9.17) is 25.4 Å². The van der Waals surface area contributed by atoms with E-state index in [1.54, 1.807) is 12.1 Å². The van der Waals surface area contributed by atoms with Gasteiger partial charge in [-0.1, -0.05) is 49.7 Å². The van der Waals surface area contributed by atoms with Gasteiger partial charge in [-0.05, 0) is 89.9 Å². The molecule has 1 saturated heterocycles. The maximum absolute atomic E-state index is 13.2. The highest BCUT2D eigenvalue weighted by molar-refractivity contribution is 7.53. The molecule has 1 aliphatic heterocycles. The van der Waals surface area contributed by atoms with Gasteiger partial charge in [-0.15, -0.1) is 0 Å². The average Bonchev–Trinajstić information content (AvgIpc) is 2.81. The van der Waals surface area contributed by atoms with E-state index in [-0.39, 0.29) is 18.4 Å². The molecule has 0 aliphatic carbocycles. The highest BCUT2D eigenvalue weighted by Crippen LogP contribution is 2.56. The minimum absolute atomic E-state index is 0.155. The topological polar surface area (TPSA) is 65.0 Å². The van der Waals surface area contributed by atoms with Gasteiger partial charge in [0.1, 0.15) is 11.5 Å². The number of aromatic hydroxyl groups is 1. The summed E-state index contributed by atoms with van der Waals surface area (Å²) in [5.41, 5.74) is 6.35. The summed E-state index contributed by atoms with van der Waals surface area (Å²) < 4.78 is 30.6. The molecule has 1 N–H and O–H groups in total. The molecule has 3 aromatic carbocycles. The molecule has 2 atom stereocenters. The maximum Gasteiger partial charge on any atom is 0.368 e. The first-order chi connectivity index (χ1) is 16.6. The van der Waals surface area contributed by atoms with Crippen molar-refractivity contribution in [2.45, 2.75) is 52.6 Å². The summed E-state index contributed by atoms with van der Waals surface area (Å²) in [5, 5.41) is 10.7. The predicted molar refractivity (Wildman–Crippen MR) is 140 cm³/mol. The number of ether oxygens (including phenoxy) is 1. The molecule has 4 rings (SSSR count). The number of halogens is 1. The first-order valence-corrected chi connectivity index (χ1v) is 14.0. The summed E-state index contributed by atoms with van der Waals surface area (Å²) in [6.45, 7) is 8.57. The van der Waals surface area contributed by atoms with E-state index in [9.17, 15) is 9.67 Å². The van der Waals surface area contributed by atoms with Crippen molar-refractivity contribution in [3.05, 3.63) is 93.0 Å². The molecule has 0 bridgehead atoms. The minimum Gasteiger partial charge on any atom is -0.508 e. The van der Waals surface area contributed by atoms with E-state index in [1.165, 1.54) is 5.56 Å². The molecule has 3 aromatic rings. The van der Waals surface area contributed by atoms with Crippen LogP contribution in [0.4, 0.5) is 0 Å². The molecular weight excluding hydrogens is 483 g/mol. The number of hydrogen-bond acceptors (Lipinski definition) is 5. The number of benzene rings is 3. The Kier molecular flexibility index (Phi) is 7.92. The van der Waals surface area contributed by atoms with Crippen LogP contribution < -0.4 is 4.74 Å². The van der Waals surface area contributed by atoms with Crippen LogP contribution >= 0.6 is 19.2 Å². The molecule has 5 nitrogen and oxygen atoms in total. The lowest BCUT2D eigenvalue weighted by Crippen LogP contribution is -2.17. The van der Waals surface area contributed by atoms with Crippen molar-refractivity contribution in [3.63, 3.8) is 0 Å². The summed E-state index contributed by atoms with van der Waals surface area (Å²) in [6.07, 6.45) is 0.860. The predicted octanol–water partition coefficient (Wildman–Crippen LogP) is 8.08. The van der Waals surface area contributed by atoms with Crippen LogP contribution in [0.25, 0.3) is 0 Å². The third-order valence-electron chi connectivity index (χ3n) is 6.33. The van der Waals surface area contributed by atoms with Gasteiger partial charge < -0.3 is 14.4 Å². The molecule has 0 unspecified atom stereocenters. The van der Waals surface area contributed by atoms with Gasteiger partial charge in [-0.25, -0.2) is 0 Å². The van der Waals surface area contributed by atoms with Crippen molar-refractivity contribution < 1.29 is 23.5 Å². The van der Waals surface area contributed by atoms with Crippen LogP contribution in [0.2, 0.25) is 5.02 Å². The number of aryl methyl sites for hydroxylation is 2. The highest BCUT2D eigenvalue weighted by Gasteiger charge is 2.35. The van der Waals surface area contributed by atoms with Crippen LogP contribution in [-0.2, 0) is 20.0 Å². The van der Waals surface area contributed by atoms with Crippen molar-refractivity contribution >= 4 is 19.2 Å². The second-order valence-electron chi connectivity index (χ2n) is 9.42. The normalized spacial score (nSPS) is 20.2. The molecule has 186 valence electrons. The Morgan fingerprint density at radius 1 is 1.11 bits per heavy atom. The van der Waals surface area contributed by atoms with Gasteiger partial charge in [0.25, 0.3) is 0 Å². The molecule has 7 heteroatoms. The Labute approximate surface area is 212 Å². The monoisotopic (exact) mass is 514 g/mol. The van der Waals surface area contributed by atoms with E-state index in [2.05, 4.69) is 19.9 Å². The van der Waals surface area contributed by atoms with Crippen LogP contribution in [0.3, 0.4) is 0 Å². The first kappa shape index (κ1) is 25.8. The zero-order valence-corrected chi connectivity index (χ0v) is 22.2. The standard InChI is InChI=1S/C28H32ClO5P/c1-18(2)25-14-21(8-9-27(25)30)15-26-19(3)12-24(13-20(26)4)32-17-35(31)33-11-10-28(34-35)22-6-5-7-23(29)16-22/h5-9,12-14,16,18,28,30H,10-11,15,17H2,1-4H3/t28-,35+/m1/s1. The van der Waals surface area contributed by atoms with Crippen molar-refractivity contribution in [2.24, 2.45) is 0 Å². The molecule has 0 radical (unpaired) electrons. The van der Waals surface area contributed by atoms with E-state index >= 15 is 0 Å². The first-order valence-electron chi connectivity index (χ1n) is 11.9. The highest BCUT2D eigenvalue weighted by atomic mass is 35.5. The summed E-state index contributed by atoms with van der Waals surface area (Å²) in [7, 11) is -3.42. The molecule has 1 aliphatic rings. The molecule has 0 saturated carbocycles. The Balaban J connectivity index is 1.45.